The number of ether oxygens (including phenoxy) is 1. The number of aromatic hydroxyl groups is 1. The van der Waals surface area contributed by atoms with Gasteiger partial charge in [-0.15, -0.1) is 11.3 Å². The summed E-state index contributed by atoms with van der Waals surface area (Å²) in [5, 5.41) is 10.8. The molecule has 164 valence electrons. The number of fused-ring (bicyclic) bond motifs is 1. The van der Waals surface area contributed by atoms with E-state index in [1.165, 1.54) is 15.2 Å². The molecule has 1 fully saturated rings. The average Bonchev–Trinajstić information content (AvgIpc) is 3.11. The van der Waals surface area contributed by atoms with Gasteiger partial charge in [0.2, 0.25) is 10.0 Å². The summed E-state index contributed by atoms with van der Waals surface area (Å²) < 4.78 is 33.9. The Labute approximate surface area is 183 Å². The van der Waals surface area contributed by atoms with Crippen molar-refractivity contribution in [1.29, 1.82) is 0 Å². The Morgan fingerprint density at radius 3 is 2.57 bits per heavy atom. The number of nitrogens with zero attached hydrogens (tertiary/aromatic N) is 2. The van der Waals surface area contributed by atoms with Crippen LogP contribution in [0.5, 0.6) is 10.8 Å². The number of rotatable bonds is 5. The van der Waals surface area contributed by atoms with Crippen LogP contribution in [-0.4, -0.2) is 54.5 Å². The molecule has 6 nitrogen and oxygen atoms in total. The van der Waals surface area contributed by atoms with E-state index in [9.17, 15) is 13.5 Å². The fraction of sp³-hybridized carbons (Fsp3) is 0.545. The van der Waals surface area contributed by atoms with E-state index in [1.54, 1.807) is 30.4 Å². The Morgan fingerprint density at radius 1 is 1.17 bits per heavy atom. The zero-order chi connectivity index (χ0) is 21.5. The standard InChI is InChI=1S/C22H30N2O4S2/c1-15(2)23-9-6-18(7-10-23)28-22-12-17-14-24(11-8-21(17)29-22)30(26,27)19-5-4-16(3)20(25)13-19/h4-5,12-13,15,18,25H,6-11,14H2,1-3H3. The quantitative estimate of drug-likeness (QED) is 0.751. The second-order valence-electron chi connectivity index (χ2n) is 8.50. The van der Waals surface area contributed by atoms with Crippen molar-refractivity contribution in [3.63, 3.8) is 0 Å². The maximum Gasteiger partial charge on any atom is 0.243 e. The van der Waals surface area contributed by atoms with Gasteiger partial charge in [0.05, 0.1) is 4.90 Å². The lowest BCUT2D eigenvalue weighted by atomic mass is 10.1. The minimum Gasteiger partial charge on any atom is -0.508 e. The monoisotopic (exact) mass is 450 g/mol. The third-order valence-electron chi connectivity index (χ3n) is 6.12. The van der Waals surface area contributed by atoms with Crippen molar-refractivity contribution in [2.24, 2.45) is 0 Å². The summed E-state index contributed by atoms with van der Waals surface area (Å²) in [6, 6.07) is 7.13. The largest absolute Gasteiger partial charge is 0.508 e. The van der Waals surface area contributed by atoms with Crippen LogP contribution in [0.3, 0.4) is 0 Å². The molecule has 0 atom stereocenters. The number of sulfonamides is 1. The smallest absolute Gasteiger partial charge is 0.243 e. The number of phenolic OH excluding ortho intramolecular Hbond substituents is 1. The third kappa shape index (κ3) is 4.37. The highest BCUT2D eigenvalue weighted by Gasteiger charge is 2.31. The van der Waals surface area contributed by atoms with Crippen molar-refractivity contribution in [1.82, 2.24) is 9.21 Å². The van der Waals surface area contributed by atoms with Crippen LogP contribution in [0, 0.1) is 6.92 Å². The lowest BCUT2D eigenvalue weighted by molar-refractivity contribution is 0.0867. The molecule has 0 radical (unpaired) electrons. The average molecular weight is 451 g/mol. The van der Waals surface area contributed by atoms with Gasteiger partial charge in [0.25, 0.3) is 0 Å². The molecule has 0 saturated carbocycles. The summed E-state index contributed by atoms with van der Waals surface area (Å²) in [5.41, 5.74) is 1.69. The molecule has 2 aromatic rings. The van der Waals surface area contributed by atoms with E-state index in [-0.39, 0.29) is 16.7 Å². The molecule has 8 heteroatoms. The first-order valence-corrected chi connectivity index (χ1v) is 12.8. The first-order chi connectivity index (χ1) is 14.2. The van der Waals surface area contributed by atoms with Crippen LogP contribution in [0.4, 0.5) is 0 Å². The number of hydrogen-bond acceptors (Lipinski definition) is 6. The molecule has 2 aliphatic heterocycles. The maximum absolute atomic E-state index is 13.1. The highest BCUT2D eigenvalue weighted by molar-refractivity contribution is 7.89. The van der Waals surface area contributed by atoms with E-state index in [0.29, 0.717) is 31.1 Å². The van der Waals surface area contributed by atoms with Crippen LogP contribution >= 0.6 is 11.3 Å². The number of piperidine rings is 1. The van der Waals surface area contributed by atoms with E-state index in [4.69, 9.17) is 4.74 Å². The fourth-order valence-electron chi connectivity index (χ4n) is 4.12. The lowest BCUT2D eigenvalue weighted by Crippen LogP contribution is -2.41. The second-order valence-corrected chi connectivity index (χ2v) is 11.5. The topological polar surface area (TPSA) is 70.1 Å². The van der Waals surface area contributed by atoms with Gasteiger partial charge >= 0.3 is 0 Å². The van der Waals surface area contributed by atoms with E-state index >= 15 is 0 Å². The van der Waals surface area contributed by atoms with Gasteiger partial charge in [-0.1, -0.05) is 6.07 Å². The third-order valence-corrected chi connectivity index (χ3v) is 9.09. The molecule has 4 rings (SSSR count). The van der Waals surface area contributed by atoms with Crippen molar-refractivity contribution in [2.45, 2.75) is 63.6 Å². The number of thiophene rings is 1. The number of likely N-dealkylation sites (tertiary alicyclic amines) is 1. The van der Waals surface area contributed by atoms with Crippen molar-refractivity contribution in [3.8, 4) is 10.8 Å². The summed E-state index contributed by atoms with van der Waals surface area (Å²) >= 11 is 1.65. The first kappa shape index (κ1) is 21.6. The van der Waals surface area contributed by atoms with Crippen LogP contribution in [0.15, 0.2) is 29.2 Å². The summed E-state index contributed by atoms with van der Waals surface area (Å²) in [6.07, 6.45) is 2.97. The highest BCUT2D eigenvalue weighted by atomic mass is 32.2. The minimum absolute atomic E-state index is 0.00325. The Hall–Kier alpha value is -1.61. The van der Waals surface area contributed by atoms with Gasteiger partial charge in [-0.05, 0) is 63.3 Å². The lowest BCUT2D eigenvalue weighted by Gasteiger charge is -2.34. The number of phenols is 1. The van der Waals surface area contributed by atoms with Crippen LogP contribution < -0.4 is 4.74 Å². The van der Waals surface area contributed by atoms with E-state index in [0.717, 1.165) is 36.6 Å². The van der Waals surface area contributed by atoms with Gasteiger partial charge in [-0.25, -0.2) is 8.42 Å². The summed E-state index contributed by atoms with van der Waals surface area (Å²) in [6.45, 7) is 9.11. The normalized spacial score (nSPS) is 19.2. The Balaban J connectivity index is 1.43. The molecule has 1 aromatic heterocycles. The number of aryl methyl sites for hydroxylation is 1. The summed E-state index contributed by atoms with van der Waals surface area (Å²) in [4.78, 5) is 3.82. The molecule has 30 heavy (non-hydrogen) atoms. The van der Waals surface area contributed by atoms with E-state index in [2.05, 4.69) is 18.7 Å². The van der Waals surface area contributed by atoms with Gasteiger partial charge in [0.1, 0.15) is 11.9 Å². The predicted molar refractivity (Wildman–Crippen MR) is 119 cm³/mol. The van der Waals surface area contributed by atoms with Gasteiger partial charge < -0.3 is 14.7 Å². The SMILES string of the molecule is Cc1ccc(S(=O)(=O)N2CCc3sc(OC4CCN(C(C)C)CC4)cc3C2)cc1O. The van der Waals surface area contributed by atoms with Crippen molar-refractivity contribution < 1.29 is 18.3 Å². The maximum atomic E-state index is 13.1. The summed E-state index contributed by atoms with van der Waals surface area (Å²) in [7, 11) is -3.64. The molecule has 3 heterocycles. The van der Waals surface area contributed by atoms with Gasteiger partial charge in [-0.3, -0.25) is 0 Å². The Morgan fingerprint density at radius 2 is 1.90 bits per heavy atom. The molecule has 0 amide bonds. The Bertz CT molecular complexity index is 1010. The Kier molecular flexibility index (Phi) is 6.12. The number of hydrogen-bond donors (Lipinski definition) is 1. The first-order valence-electron chi connectivity index (χ1n) is 10.6. The molecular formula is C22H30N2O4S2. The second kappa shape index (κ2) is 8.49. The molecule has 0 aliphatic carbocycles. The van der Waals surface area contributed by atoms with Crippen molar-refractivity contribution >= 4 is 21.4 Å². The number of benzene rings is 1. The molecule has 0 unspecified atom stereocenters. The predicted octanol–water partition coefficient (Wildman–Crippen LogP) is 3.76. The zero-order valence-electron chi connectivity index (χ0n) is 17.8. The highest BCUT2D eigenvalue weighted by Crippen LogP contribution is 2.36. The van der Waals surface area contributed by atoms with Crippen LogP contribution in [0.2, 0.25) is 0 Å². The van der Waals surface area contributed by atoms with Crippen molar-refractivity contribution in [2.75, 3.05) is 19.6 Å². The minimum atomic E-state index is -3.64. The van der Waals surface area contributed by atoms with Gasteiger partial charge in [-0.2, -0.15) is 4.31 Å². The molecule has 1 saturated heterocycles. The molecule has 2 aliphatic rings. The molecule has 1 aromatic carbocycles. The van der Waals surface area contributed by atoms with Crippen molar-refractivity contribution in [3.05, 3.63) is 40.3 Å². The van der Waals surface area contributed by atoms with Gasteiger partial charge in [0.15, 0.2) is 5.06 Å². The molecular weight excluding hydrogens is 420 g/mol. The van der Waals surface area contributed by atoms with Crippen LogP contribution in [-0.2, 0) is 23.0 Å². The zero-order valence-corrected chi connectivity index (χ0v) is 19.4. The van der Waals surface area contributed by atoms with E-state index in [1.807, 2.05) is 6.07 Å². The molecule has 1 N–H and O–H groups in total. The summed E-state index contributed by atoms with van der Waals surface area (Å²) in [5.74, 6) is 0.00325. The van der Waals surface area contributed by atoms with Crippen LogP contribution in [0.25, 0.3) is 0 Å². The van der Waals surface area contributed by atoms with E-state index < -0.39 is 10.0 Å². The molecule has 0 bridgehead atoms. The van der Waals surface area contributed by atoms with Crippen LogP contribution in [0.1, 0.15) is 42.7 Å². The van der Waals surface area contributed by atoms with Gasteiger partial charge in [0, 0.05) is 43.2 Å². The molecule has 0 spiro atoms. The fourth-order valence-corrected chi connectivity index (χ4v) is 6.63.